The first kappa shape index (κ1) is 11.0. The summed E-state index contributed by atoms with van der Waals surface area (Å²) in [7, 11) is 0. The van der Waals surface area contributed by atoms with E-state index in [4.69, 9.17) is 5.26 Å². The number of pyridine rings is 1. The maximum absolute atomic E-state index is 12.1. The van der Waals surface area contributed by atoms with E-state index in [1.807, 2.05) is 18.2 Å². The third-order valence-electron chi connectivity index (χ3n) is 2.67. The minimum absolute atomic E-state index is 0.280. The van der Waals surface area contributed by atoms with E-state index in [-0.39, 0.29) is 17.3 Å². The van der Waals surface area contributed by atoms with Crippen LogP contribution in [-0.2, 0) is 0 Å². The first-order valence-electron chi connectivity index (χ1n) is 5.47. The zero-order chi connectivity index (χ0) is 13.2. The van der Waals surface area contributed by atoms with Gasteiger partial charge >= 0.3 is 0 Å². The quantitative estimate of drug-likeness (QED) is 0.715. The van der Waals surface area contributed by atoms with Gasteiger partial charge in [-0.15, -0.1) is 0 Å². The Bertz CT molecular complexity index is 794. The highest BCUT2D eigenvalue weighted by atomic mass is 16.1. The Morgan fingerprint density at radius 2 is 2.32 bits per heavy atom. The van der Waals surface area contributed by atoms with Crippen LogP contribution in [0.1, 0.15) is 15.9 Å². The van der Waals surface area contributed by atoms with Gasteiger partial charge in [-0.2, -0.15) is 15.5 Å². The second kappa shape index (κ2) is 4.27. The molecule has 0 unspecified atom stereocenters. The van der Waals surface area contributed by atoms with Crippen molar-refractivity contribution < 1.29 is 4.79 Å². The van der Waals surface area contributed by atoms with Gasteiger partial charge in [-0.25, -0.2) is 4.52 Å². The summed E-state index contributed by atoms with van der Waals surface area (Å²) in [5.41, 5.74) is 1.40. The minimum Gasteiger partial charge on any atom is -0.306 e. The lowest BCUT2D eigenvalue weighted by Gasteiger charge is -2.01. The number of aromatic nitrogens is 4. The molecule has 3 aromatic rings. The molecule has 0 fully saturated rings. The highest BCUT2D eigenvalue weighted by molar-refractivity contribution is 6.08. The number of carbonyl (C=O) groups is 1. The van der Waals surface area contributed by atoms with Crippen molar-refractivity contribution in [3.05, 3.63) is 47.9 Å². The summed E-state index contributed by atoms with van der Waals surface area (Å²) in [6, 6.07) is 7.37. The van der Waals surface area contributed by atoms with Crippen LogP contribution in [0.3, 0.4) is 0 Å². The summed E-state index contributed by atoms with van der Waals surface area (Å²) >= 11 is 0. The van der Waals surface area contributed by atoms with E-state index in [1.165, 1.54) is 12.4 Å². The molecule has 3 aromatic heterocycles. The fourth-order valence-electron chi connectivity index (χ4n) is 1.76. The van der Waals surface area contributed by atoms with Crippen LogP contribution in [0.5, 0.6) is 0 Å². The molecule has 1 amide bonds. The first-order valence-corrected chi connectivity index (χ1v) is 5.47. The molecule has 0 saturated carbocycles. The molecular weight excluding hydrogens is 244 g/mol. The maximum Gasteiger partial charge on any atom is 0.260 e. The molecule has 3 heterocycles. The van der Waals surface area contributed by atoms with Crippen LogP contribution in [0.25, 0.3) is 5.52 Å². The average molecular weight is 252 g/mol. The van der Waals surface area contributed by atoms with Crippen molar-refractivity contribution in [3.8, 4) is 6.07 Å². The molecule has 0 radical (unpaired) electrons. The summed E-state index contributed by atoms with van der Waals surface area (Å²) < 4.78 is 1.60. The predicted molar refractivity (Wildman–Crippen MR) is 66.4 cm³/mol. The number of aromatic amines is 1. The molecule has 0 aliphatic rings. The van der Waals surface area contributed by atoms with Crippen molar-refractivity contribution in [3.63, 3.8) is 0 Å². The van der Waals surface area contributed by atoms with E-state index in [2.05, 4.69) is 20.6 Å². The summed E-state index contributed by atoms with van der Waals surface area (Å²) in [6.07, 6.45) is 4.59. The number of nitrogens with zero attached hydrogens (tertiary/aromatic N) is 4. The fraction of sp³-hybridized carbons (Fsp3) is 0. The molecule has 0 bridgehead atoms. The highest BCUT2D eigenvalue weighted by Crippen LogP contribution is 2.14. The molecule has 0 spiro atoms. The van der Waals surface area contributed by atoms with Gasteiger partial charge in [-0.05, 0) is 12.1 Å². The Morgan fingerprint density at radius 3 is 3.16 bits per heavy atom. The summed E-state index contributed by atoms with van der Waals surface area (Å²) in [6.45, 7) is 0. The number of nitriles is 1. The third kappa shape index (κ3) is 1.81. The topological polar surface area (TPSA) is 98.9 Å². The minimum atomic E-state index is -0.345. The Balaban J connectivity index is 1.95. The van der Waals surface area contributed by atoms with Crippen molar-refractivity contribution in [2.24, 2.45) is 0 Å². The Hall–Kier alpha value is -3.14. The summed E-state index contributed by atoms with van der Waals surface area (Å²) in [5, 5.41) is 21.8. The van der Waals surface area contributed by atoms with Crippen molar-refractivity contribution >= 4 is 17.2 Å². The number of fused-ring (bicyclic) bond motifs is 1. The summed E-state index contributed by atoms with van der Waals surface area (Å²) in [5.74, 6) is -0.0651. The monoisotopic (exact) mass is 252 g/mol. The van der Waals surface area contributed by atoms with Gasteiger partial charge in [0, 0.05) is 6.20 Å². The molecule has 3 rings (SSSR count). The number of rotatable bonds is 2. The smallest absolute Gasteiger partial charge is 0.260 e. The second-order valence-electron chi connectivity index (χ2n) is 3.81. The van der Waals surface area contributed by atoms with Crippen LogP contribution in [0.2, 0.25) is 0 Å². The lowest BCUT2D eigenvalue weighted by atomic mass is 10.2. The van der Waals surface area contributed by atoms with Crippen molar-refractivity contribution in [2.45, 2.75) is 0 Å². The number of amides is 1. The van der Waals surface area contributed by atoms with Gasteiger partial charge in [-0.3, -0.25) is 9.89 Å². The van der Waals surface area contributed by atoms with E-state index in [9.17, 15) is 4.79 Å². The molecule has 0 aliphatic carbocycles. The van der Waals surface area contributed by atoms with Crippen LogP contribution in [0.4, 0.5) is 5.82 Å². The molecular formula is C12H8N6O. The lowest BCUT2D eigenvalue weighted by Crippen LogP contribution is -2.12. The number of nitrogens with one attached hydrogen (secondary N) is 2. The highest BCUT2D eigenvalue weighted by Gasteiger charge is 2.14. The summed E-state index contributed by atoms with van der Waals surface area (Å²) in [4.78, 5) is 12.1. The molecule has 0 aromatic carbocycles. The third-order valence-corrected chi connectivity index (χ3v) is 2.67. The number of hydrogen-bond donors (Lipinski definition) is 2. The number of anilines is 1. The molecule has 0 saturated heterocycles. The standard InChI is InChI=1S/C12H8N6O/c13-5-8-6-14-17-11(8)16-12(19)9-7-15-18-4-2-1-3-10(9)18/h1-4,6-7H,(H2,14,16,17,19). The number of carbonyl (C=O) groups excluding carboxylic acids is 1. The van der Waals surface area contributed by atoms with Crippen LogP contribution >= 0.6 is 0 Å². The molecule has 92 valence electrons. The van der Waals surface area contributed by atoms with Crippen molar-refractivity contribution in [2.75, 3.05) is 5.32 Å². The number of hydrogen-bond acceptors (Lipinski definition) is 4. The first-order chi connectivity index (χ1) is 9.29. The second-order valence-corrected chi connectivity index (χ2v) is 3.81. The van der Waals surface area contributed by atoms with Gasteiger partial charge in [0.2, 0.25) is 0 Å². The SMILES string of the molecule is N#Cc1cn[nH]c1NC(=O)c1cnn2ccccc12. The largest absolute Gasteiger partial charge is 0.306 e. The molecule has 19 heavy (non-hydrogen) atoms. The molecule has 0 atom stereocenters. The van der Waals surface area contributed by atoms with Gasteiger partial charge in [0.05, 0.1) is 23.5 Å². The van der Waals surface area contributed by atoms with Crippen molar-refractivity contribution in [1.29, 1.82) is 5.26 Å². The van der Waals surface area contributed by atoms with Gasteiger partial charge in [0.1, 0.15) is 17.5 Å². The molecule has 7 nitrogen and oxygen atoms in total. The average Bonchev–Trinajstić information content (AvgIpc) is 3.04. The lowest BCUT2D eigenvalue weighted by molar-refractivity contribution is 0.102. The number of H-pyrrole nitrogens is 1. The van der Waals surface area contributed by atoms with Crippen LogP contribution in [-0.4, -0.2) is 25.7 Å². The van der Waals surface area contributed by atoms with Gasteiger partial charge in [0.15, 0.2) is 0 Å². The Morgan fingerprint density at radius 1 is 1.42 bits per heavy atom. The van der Waals surface area contributed by atoms with E-state index >= 15 is 0 Å². The van der Waals surface area contributed by atoms with E-state index < -0.39 is 0 Å². The zero-order valence-corrected chi connectivity index (χ0v) is 9.66. The Kier molecular flexibility index (Phi) is 2.47. The van der Waals surface area contributed by atoms with E-state index in [0.717, 1.165) is 0 Å². The Labute approximate surface area is 107 Å². The zero-order valence-electron chi connectivity index (χ0n) is 9.66. The van der Waals surface area contributed by atoms with Crippen molar-refractivity contribution in [1.82, 2.24) is 19.8 Å². The fourth-order valence-corrected chi connectivity index (χ4v) is 1.76. The van der Waals surface area contributed by atoms with Crippen LogP contribution in [0.15, 0.2) is 36.8 Å². The van der Waals surface area contributed by atoms with Gasteiger partial charge < -0.3 is 5.32 Å². The van der Waals surface area contributed by atoms with Crippen LogP contribution < -0.4 is 5.32 Å². The van der Waals surface area contributed by atoms with E-state index in [0.29, 0.717) is 11.1 Å². The van der Waals surface area contributed by atoms with E-state index in [1.54, 1.807) is 16.8 Å². The van der Waals surface area contributed by atoms with Gasteiger partial charge in [0.25, 0.3) is 5.91 Å². The molecule has 2 N–H and O–H groups in total. The van der Waals surface area contributed by atoms with Crippen LogP contribution in [0, 0.1) is 11.3 Å². The normalized spacial score (nSPS) is 10.3. The van der Waals surface area contributed by atoms with Gasteiger partial charge in [-0.1, -0.05) is 6.07 Å². The molecule has 0 aliphatic heterocycles. The maximum atomic E-state index is 12.1. The predicted octanol–water partition coefficient (Wildman–Crippen LogP) is 1.18. The molecule has 7 heteroatoms.